The molecule has 0 aliphatic rings. The van der Waals surface area contributed by atoms with Crippen LogP contribution in [-0.2, 0) is 11.0 Å². The highest BCUT2D eigenvalue weighted by Crippen LogP contribution is 2.37. The van der Waals surface area contributed by atoms with Crippen molar-refractivity contribution in [1.29, 1.82) is 0 Å². The third-order valence-corrected chi connectivity index (χ3v) is 4.66. The number of hydrogen-bond donors (Lipinski definition) is 3. The van der Waals surface area contributed by atoms with Crippen LogP contribution < -0.4 is 20.7 Å². The van der Waals surface area contributed by atoms with Crippen molar-refractivity contribution in [3.8, 4) is 5.75 Å². The topological polar surface area (TPSA) is 88.2 Å². The molecule has 0 atom stereocenters. The molecule has 0 aliphatic carbocycles. The molecular weight excluding hydrogens is 435 g/mol. The average molecular weight is 457 g/mol. The van der Waals surface area contributed by atoms with E-state index in [1.54, 1.807) is 43.3 Å². The number of rotatable bonds is 7. The summed E-state index contributed by atoms with van der Waals surface area (Å²) in [6.07, 6.45) is -2.94. The Balaban J connectivity index is 2.02. The zero-order valence-electron chi connectivity index (χ0n) is 18.2. The van der Waals surface area contributed by atoms with Crippen LogP contribution in [0.25, 0.3) is 0 Å². The summed E-state index contributed by atoms with van der Waals surface area (Å²) < 4.78 is 46.2. The van der Waals surface area contributed by atoms with E-state index in [1.807, 2.05) is 6.92 Å². The normalized spacial score (nSPS) is 11.0. The maximum atomic E-state index is 13.7. The summed E-state index contributed by atoms with van der Waals surface area (Å²) in [4.78, 5) is 19.7. The fraction of sp³-hybridized carbons (Fsp3) is 0.174. The van der Waals surface area contributed by atoms with E-state index in [4.69, 9.17) is 4.74 Å². The van der Waals surface area contributed by atoms with Crippen LogP contribution in [0.3, 0.4) is 0 Å². The number of benzene rings is 2. The number of alkyl halides is 3. The highest BCUT2D eigenvalue weighted by molar-refractivity contribution is 6.01. The Morgan fingerprint density at radius 1 is 1.06 bits per heavy atom. The zero-order valence-corrected chi connectivity index (χ0v) is 18.2. The van der Waals surface area contributed by atoms with Gasteiger partial charge < -0.3 is 20.7 Å². The Labute approximate surface area is 188 Å². The largest absolute Gasteiger partial charge is 0.497 e. The summed E-state index contributed by atoms with van der Waals surface area (Å²) in [6, 6.07) is 10.1. The minimum atomic E-state index is -4.71. The number of ether oxygens (including phenoxy) is 1. The summed E-state index contributed by atoms with van der Waals surface area (Å²) in [6.45, 7) is 7.01. The number of methoxy groups -OCH3 is 1. The molecule has 0 saturated heterocycles. The van der Waals surface area contributed by atoms with Gasteiger partial charge in [-0.15, -0.1) is 0 Å². The Morgan fingerprint density at radius 2 is 1.82 bits per heavy atom. The molecule has 0 unspecified atom stereocenters. The van der Waals surface area contributed by atoms with Crippen molar-refractivity contribution in [1.82, 2.24) is 9.97 Å². The van der Waals surface area contributed by atoms with Crippen molar-refractivity contribution < 1.29 is 22.7 Å². The molecule has 0 saturated carbocycles. The Morgan fingerprint density at radius 3 is 2.48 bits per heavy atom. The van der Waals surface area contributed by atoms with Crippen molar-refractivity contribution in [2.45, 2.75) is 20.0 Å². The predicted molar refractivity (Wildman–Crippen MR) is 121 cm³/mol. The molecule has 1 heterocycles. The molecule has 0 spiro atoms. The molecule has 1 aromatic heterocycles. The van der Waals surface area contributed by atoms with Crippen LogP contribution >= 0.6 is 0 Å². The molecule has 0 aliphatic heterocycles. The molecule has 7 nitrogen and oxygen atoms in total. The number of aromatic nitrogens is 2. The number of carbonyl (C=O) groups excluding carboxylic acids is 1. The van der Waals surface area contributed by atoms with E-state index in [1.165, 1.54) is 7.11 Å². The molecule has 0 radical (unpaired) electrons. The molecule has 1 amide bonds. The Bertz CT molecular complexity index is 1200. The summed E-state index contributed by atoms with van der Waals surface area (Å²) >= 11 is 0. The van der Waals surface area contributed by atoms with Crippen molar-refractivity contribution in [3.05, 3.63) is 71.9 Å². The number of hydrogen-bond acceptors (Lipinski definition) is 6. The number of carbonyl (C=O) groups is 1. The molecule has 3 N–H and O–H groups in total. The van der Waals surface area contributed by atoms with Crippen LogP contribution in [0.5, 0.6) is 5.75 Å². The molecule has 33 heavy (non-hydrogen) atoms. The van der Waals surface area contributed by atoms with Gasteiger partial charge in [-0.05, 0) is 49.2 Å². The van der Waals surface area contributed by atoms with Crippen molar-refractivity contribution >= 4 is 34.7 Å². The minimum Gasteiger partial charge on any atom is -0.497 e. The van der Waals surface area contributed by atoms with Crippen LogP contribution in [0.4, 0.5) is 42.0 Å². The van der Waals surface area contributed by atoms with E-state index in [9.17, 15) is 18.0 Å². The maximum absolute atomic E-state index is 13.7. The van der Waals surface area contributed by atoms with E-state index in [0.717, 1.165) is 17.2 Å². The molecule has 3 aromatic rings. The van der Waals surface area contributed by atoms with Crippen molar-refractivity contribution in [2.24, 2.45) is 0 Å². The fourth-order valence-electron chi connectivity index (χ4n) is 2.91. The molecule has 172 valence electrons. The molecule has 3 rings (SSSR count). The lowest BCUT2D eigenvalue weighted by molar-refractivity contribution is -0.137. The number of nitrogens with zero attached hydrogens (tertiary/aromatic N) is 2. The van der Waals surface area contributed by atoms with Gasteiger partial charge in [0.1, 0.15) is 17.1 Å². The second-order valence-electron chi connectivity index (χ2n) is 7.13. The van der Waals surface area contributed by atoms with Crippen molar-refractivity contribution in [3.63, 3.8) is 0 Å². The zero-order chi connectivity index (χ0) is 24.2. The second-order valence-corrected chi connectivity index (χ2v) is 7.13. The van der Waals surface area contributed by atoms with Crippen LogP contribution in [0.2, 0.25) is 0 Å². The summed E-state index contributed by atoms with van der Waals surface area (Å²) in [7, 11) is 1.51. The SMILES string of the molecule is C=CC(=O)Nc1cc(C)ccc1Nc1nc(Nc2cc(OC)ccc2C)ncc1C(F)(F)F. The standard InChI is InChI=1S/C23H22F3N5O2/c1-5-20(32)28-19-10-13(2)6-9-17(19)29-21-16(23(24,25)26)12-27-22(31-21)30-18-11-15(33-4)8-7-14(18)3/h5-12H,1H2,2-4H3,(H,28,32)(H2,27,29,30,31). The lowest BCUT2D eigenvalue weighted by Gasteiger charge is -2.18. The van der Waals surface area contributed by atoms with E-state index < -0.39 is 23.5 Å². The van der Waals surface area contributed by atoms with E-state index >= 15 is 0 Å². The first-order valence-electron chi connectivity index (χ1n) is 9.77. The summed E-state index contributed by atoms with van der Waals surface area (Å²) in [5.41, 5.74) is 1.65. The number of anilines is 5. The van der Waals surface area contributed by atoms with Crippen molar-refractivity contribution in [2.75, 3.05) is 23.1 Å². The first-order valence-corrected chi connectivity index (χ1v) is 9.77. The number of aryl methyl sites for hydroxylation is 2. The number of halogens is 3. The van der Waals surface area contributed by atoms with E-state index in [-0.39, 0.29) is 17.3 Å². The van der Waals surface area contributed by atoms with Crippen LogP contribution in [0.15, 0.2) is 55.3 Å². The lowest BCUT2D eigenvalue weighted by Crippen LogP contribution is -2.14. The molecule has 2 aromatic carbocycles. The molecule has 0 fully saturated rings. The first-order chi connectivity index (χ1) is 15.6. The minimum absolute atomic E-state index is 0.0503. The smallest absolute Gasteiger partial charge is 0.421 e. The maximum Gasteiger partial charge on any atom is 0.421 e. The average Bonchev–Trinajstić information content (AvgIpc) is 2.76. The van der Waals surface area contributed by atoms with E-state index in [2.05, 4.69) is 32.5 Å². The second kappa shape index (κ2) is 9.60. The van der Waals surface area contributed by atoms with Gasteiger partial charge in [0.05, 0.1) is 18.5 Å². The summed E-state index contributed by atoms with van der Waals surface area (Å²) in [5.74, 6) is -0.460. The van der Waals surface area contributed by atoms with Crippen LogP contribution in [0, 0.1) is 13.8 Å². The van der Waals surface area contributed by atoms with E-state index in [0.29, 0.717) is 17.6 Å². The lowest BCUT2D eigenvalue weighted by atomic mass is 10.1. The van der Waals surface area contributed by atoms with Gasteiger partial charge in [-0.1, -0.05) is 18.7 Å². The molecule has 0 bridgehead atoms. The van der Waals surface area contributed by atoms with Gasteiger partial charge in [-0.3, -0.25) is 4.79 Å². The van der Waals surface area contributed by atoms with Gasteiger partial charge in [-0.2, -0.15) is 18.2 Å². The molecular formula is C23H22F3N5O2. The number of nitrogens with one attached hydrogen (secondary N) is 3. The highest BCUT2D eigenvalue weighted by atomic mass is 19.4. The predicted octanol–water partition coefficient (Wildman–Crippen LogP) is 5.73. The fourth-order valence-corrected chi connectivity index (χ4v) is 2.91. The third-order valence-electron chi connectivity index (χ3n) is 4.66. The Kier molecular flexibility index (Phi) is 6.86. The Hall–Kier alpha value is -4.08. The summed E-state index contributed by atoms with van der Waals surface area (Å²) in [5, 5.41) is 8.19. The van der Waals surface area contributed by atoms with Gasteiger partial charge >= 0.3 is 6.18 Å². The van der Waals surface area contributed by atoms with Gasteiger partial charge in [0.15, 0.2) is 0 Å². The van der Waals surface area contributed by atoms with Gasteiger partial charge in [-0.25, -0.2) is 4.98 Å². The van der Waals surface area contributed by atoms with Gasteiger partial charge in [0.2, 0.25) is 11.9 Å². The molecule has 10 heteroatoms. The monoisotopic (exact) mass is 457 g/mol. The van der Waals surface area contributed by atoms with Gasteiger partial charge in [0, 0.05) is 18.0 Å². The van der Waals surface area contributed by atoms with Crippen LogP contribution in [0.1, 0.15) is 16.7 Å². The quantitative estimate of drug-likeness (QED) is 0.393. The first kappa shape index (κ1) is 23.6. The highest BCUT2D eigenvalue weighted by Gasteiger charge is 2.35. The third kappa shape index (κ3) is 5.79. The number of amides is 1. The van der Waals surface area contributed by atoms with Crippen LogP contribution in [-0.4, -0.2) is 23.0 Å². The van der Waals surface area contributed by atoms with Gasteiger partial charge in [0.25, 0.3) is 0 Å².